The molecule has 1 spiro atoms. The van der Waals surface area contributed by atoms with Crippen molar-refractivity contribution >= 4 is 11.8 Å². The molecular weight excluding hydrogens is 239 g/mol. The number of thioether (sulfide) groups is 1. The highest BCUT2D eigenvalue weighted by Gasteiger charge is 2.41. The topological polar surface area (TPSA) is 29.5 Å². The molecule has 92 valence electrons. The van der Waals surface area contributed by atoms with Crippen LogP contribution in [0.3, 0.4) is 0 Å². The van der Waals surface area contributed by atoms with Crippen LogP contribution in [0.5, 0.6) is 5.75 Å². The number of aliphatic hydroxyl groups excluding tert-OH is 1. The number of aliphatic hydroxyl groups is 1. The van der Waals surface area contributed by atoms with E-state index in [1.807, 2.05) is 11.8 Å². The van der Waals surface area contributed by atoms with E-state index in [1.165, 1.54) is 12.1 Å². The fourth-order valence-corrected chi connectivity index (χ4v) is 3.90. The summed E-state index contributed by atoms with van der Waals surface area (Å²) in [5, 5.41) is 10.1. The van der Waals surface area contributed by atoms with Crippen molar-refractivity contribution in [2.45, 2.75) is 31.0 Å². The van der Waals surface area contributed by atoms with E-state index in [1.54, 1.807) is 6.07 Å². The third-order valence-electron chi connectivity index (χ3n) is 3.63. The monoisotopic (exact) mass is 254 g/mol. The Bertz CT molecular complexity index is 429. The lowest BCUT2D eigenvalue weighted by Gasteiger charge is -2.43. The van der Waals surface area contributed by atoms with Gasteiger partial charge in [0.25, 0.3) is 0 Å². The number of fused-ring (bicyclic) bond motifs is 1. The molecule has 2 heterocycles. The average Bonchev–Trinajstić information content (AvgIpc) is 2.31. The van der Waals surface area contributed by atoms with Crippen LogP contribution in [0.2, 0.25) is 0 Å². The molecule has 2 aliphatic heterocycles. The standard InChI is InChI=1S/C13H15FO2S/c14-9-1-2-12-10(7-9)11(15)8-13(16-12)3-5-17-6-4-13/h1-2,7,11,15H,3-6,8H2/t11-/m1/s1. The van der Waals surface area contributed by atoms with Gasteiger partial charge in [0.15, 0.2) is 0 Å². The van der Waals surface area contributed by atoms with Crippen LogP contribution in [-0.4, -0.2) is 22.2 Å². The van der Waals surface area contributed by atoms with E-state index in [9.17, 15) is 9.50 Å². The minimum absolute atomic E-state index is 0.227. The first-order valence-electron chi connectivity index (χ1n) is 5.93. The molecule has 2 nitrogen and oxygen atoms in total. The van der Waals surface area contributed by atoms with Crippen LogP contribution in [0.4, 0.5) is 4.39 Å². The number of halogens is 1. The molecule has 0 aliphatic carbocycles. The summed E-state index contributed by atoms with van der Waals surface area (Å²) in [6, 6.07) is 4.41. The van der Waals surface area contributed by atoms with E-state index in [0.717, 1.165) is 24.3 Å². The van der Waals surface area contributed by atoms with E-state index >= 15 is 0 Å². The predicted octanol–water partition coefficient (Wildman–Crippen LogP) is 2.91. The molecule has 0 unspecified atom stereocenters. The van der Waals surface area contributed by atoms with E-state index < -0.39 is 6.10 Å². The SMILES string of the molecule is O[C@@H]1CC2(CCSCC2)Oc2ccc(F)cc21. The number of ether oxygens (including phenoxy) is 1. The fraction of sp³-hybridized carbons (Fsp3) is 0.538. The van der Waals surface area contributed by atoms with Gasteiger partial charge in [-0.3, -0.25) is 0 Å². The molecule has 1 N–H and O–H groups in total. The zero-order valence-corrected chi connectivity index (χ0v) is 10.3. The Hall–Kier alpha value is -0.740. The normalized spacial score (nSPS) is 26.4. The molecule has 2 aliphatic rings. The van der Waals surface area contributed by atoms with Crippen LogP contribution in [0.25, 0.3) is 0 Å². The molecule has 0 aromatic heterocycles. The third-order valence-corrected chi connectivity index (χ3v) is 4.61. The van der Waals surface area contributed by atoms with Gasteiger partial charge in [0, 0.05) is 12.0 Å². The van der Waals surface area contributed by atoms with Gasteiger partial charge in [0.05, 0.1) is 6.10 Å². The molecule has 4 heteroatoms. The molecule has 1 fully saturated rings. The van der Waals surface area contributed by atoms with Crippen molar-refractivity contribution in [3.63, 3.8) is 0 Å². The maximum absolute atomic E-state index is 13.1. The van der Waals surface area contributed by atoms with Crippen molar-refractivity contribution in [2.24, 2.45) is 0 Å². The summed E-state index contributed by atoms with van der Waals surface area (Å²) in [5.41, 5.74) is 0.365. The third kappa shape index (κ3) is 2.04. The van der Waals surface area contributed by atoms with Gasteiger partial charge in [0.2, 0.25) is 0 Å². The summed E-state index contributed by atoms with van der Waals surface area (Å²) < 4.78 is 19.2. The summed E-state index contributed by atoms with van der Waals surface area (Å²) in [4.78, 5) is 0. The first kappa shape index (κ1) is 11.4. The summed E-state index contributed by atoms with van der Waals surface area (Å²) in [5.74, 6) is 2.48. The highest BCUT2D eigenvalue weighted by Crippen LogP contribution is 2.45. The van der Waals surface area contributed by atoms with E-state index in [2.05, 4.69) is 0 Å². The van der Waals surface area contributed by atoms with Crippen molar-refractivity contribution in [3.8, 4) is 5.75 Å². The molecular formula is C13H15FO2S. The maximum atomic E-state index is 13.1. The Morgan fingerprint density at radius 2 is 2.12 bits per heavy atom. The van der Waals surface area contributed by atoms with Crippen molar-refractivity contribution < 1.29 is 14.2 Å². The van der Waals surface area contributed by atoms with Gasteiger partial charge in [-0.2, -0.15) is 11.8 Å². The van der Waals surface area contributed by atoms with Crippen molar-refractivity contribution in [2.75, 3.05) is 11.5 Å². The molecule has 17 heavy (non-hydrogen) atoms. The van der Waals surface area contributed by atoms with Crippen molar-refractivity contribution in [1.82, 2.24) is 0 Å². The molecule has 0 saturated carbocycles. The summed E-state index contributed by atoms with van der Waals surface area (Å²) in [7, 11) is 0. The van der Waals surface area contributed by atoms with Crippen molar-refractivity contribution in [3.05, 3.63) is 29.6 Å². The molecule has 1 aromatic carbocycles. The van der Waals surface area contributed by atoms with Crippen LogP contribution in [0.15, 0.2) is 18.2 Å². The maximum Gasteiger partial charge on any atom is 0.126 e. The number of hydrogen-bond donors (Lipinski definition) is 1. The zero-order valence-electron chi connectivity index (χ0n) is 9.49. The van der Waals surface area contributed by atoms with Gasteiger partial charge in [0.1, 0.15) is 17.2 Å². The molecule has 3 rings (SSSR count). The van der Waals surface area contributed by atoms with Crippen LogP contribution in [0, 0.1) is 5.82 Å². The summed E-state index contributed by atoms with van der Waals surface area (Å²) in [6.07, 6.45) is 1.92. The van der Waals surface area contributed by atoms with E-state index in [0.29, 0.717) is 17.7 Å². The fourth-order valence-electron chi connectivity index (χ4n) is 2.66. The first-order chi connectivity index (χ1) is 8.19. The smallest absolute Gasteiger partial charge is 0.126 e. The van der Waals surface area contributed by atoms with Crippen LogP contribution < -0.4 is 4.74 Å². The Kier molecular flexibility index (Phi) is 2.79. The molecule has 1 aromatic rings. The van der Waals surface area contributed by atoms with Crippen LogP contribution in [-0.2, 0) is 0 Å². The highest BCUT2D eigenvalue weighted by atomic mass is 32.2. The van der Waals surface area contributed by atoms with Gasteiger partial charge in [-0.25, -0.2) is 4.39 Å². The van der Waals surface area contributed by atoms with Crippen LogP contribution in [0.1, 0.15) is 30.9 Å². The van der Waals surface area contributed by atoms with Crippen molar-refractivity contribution in [1.29, 1.82) is 0 Å². The lowest BCUT2D eigenvalue weighted by atomic mass is 9.84. The second-order valence-corrected chi connectivity index (χ2v) is 6.02. The predicted molar refractivity (Wildman–Crippen MR) is 65.9 cm³/mol. The van der Waals surface area contributed by atoms with E-state index in [4.69, 9.17) is 4.74 Å². The lowest BCUT2D eigenvalue weighted by molar-refractivity contribution is -0.0199. The first-order valence-corrected chi connectivity index (χ1v) is 7.08. The van der Waals surface area contributed by atoms with Gasteiger partial charge in [-0.05, 0) is 42.5 Å². The molecule has 1 saturated heterocycles. The Morgan fingerprint density at radius 3 is 2.88 bits per heavy atom. The molecule has 0 bridgehead atoms. The molecule has 0 radical (unpaired) electrons. The quantitative estimate of drug-likeness (QED) is 0.772. The van der Waals surface area contributed by atoms with Gasteiger partial charge >= 0.3 is 0 Å². The highest BCUT2D eigenvalue weighted by molar-refractivity contribution is 7.99. The number of rotatable bonds is 0. The van der Waals surface area contributed by atoms with E-state index in [-0.39, 0.29) is 11.4 Å². The van der Waals surface area contributed by atoms with Crippen LogP contribution >= 0.6 is 11.8 Å². The Morgan fingerprint density at radius 1 is 1.35 bits per heavy atom. The molecule has 0 amide bonds. The minimum atomic E-state index is -0.599. The van der Waals surface area contributed by atoms with Gasteiger partial charge in [-0.1, -0.05) is 0 Å². The minimum Gasteiger partial charge on any atom is -0.487 e. The number of hydrogen-bond acceptors (Lipinski definition) is 3. The second-order valence-electron chi connectivity index (χ2n) is 4.80. The lowest BCUT2D eigenvalue weighted by Crippen LogP contribution is -2.44. The largest absolute Gasteiger partial charge is 0.487 e. The zero-order chi connectivity index (χ0) is 11.9. The summed E-state index contributed by atoms with van der Waals surface area (Å²) >= 11 is 1.93. The number of benzene rings is 1. The Labute approximate surface area is 104 Å². The second kappa shape index (κ2) is 4.18. The van der Waals surface area contributed by atoms with Gasteiger partial charge < -0.3 is 9.84 Å². The van der Waals surface area contributed by atoms with Gasteiger partial charge in [-0.15, -0.1) is 0 Å². The summed E-state index contributed by atoms with van der Waals surface area (Å²) in [6.45, 7) is 0. The molecule has 1 atom stereocenters. The Balaban J connectivity index is 1.94. The average molecular weight is 254 g/mol.